The summed E-state index contributed by atoms with van der Waals surface area (Å²) in [5.41, 5.74) is 0.803. The third-order valence-corrected chi connectivity index (χ3v) is 6.43. The quantitative estimate of drug-likeness (QED) is 0.377. The molecule has 0 amide bonds. The van der Waals surface area contributed by atoms with Crippen LogP contribution in [0.15, 0.2) is 4.99 Å². The summed E-state index contributed by atoms with van der Waals surface area (Å²) in [6.45, 7) is 11.2. The van der Waals surface area contributed by atoms with Crippen LogP contribution in [0.5, 0.6) is 0 Å². The molecule has 3 rings (SSSR count). The smallest absolute Gasteiger partial charge is 0.193 e. The maximum Gasteiger partial charge on any atom is 0.193 e. The second-order valence-electron chi connectivity index (χ2n) is 9.37. The Labute approximate surface area is 171 Å². The molecule has 2 saturated heterocycles. The molecule has 146 valence electrons. The summed E-state index contributed by atoms with van der Waals surface area (Å²) in [7, 11) is 1.93. The van der Waals surface area contributed by atoms with Crippen LogP contribution in [0.2, 0.25) is 0 Å². The summed E-state index contributed by atoms with van der Waals surface area (Å²) in [6, 6.07) is 0. The van der Waals surface area contributed by atoms with Crippen LogP contribution in [-0.4, -0.2) is 50.3 Å². The van der Waals surface area contributed by atoms with Gasteiger partial charge in [-0.15, -0.1) is 24.0 Å². The van der Waals surface area contributed by atoms with Crippen LogP contribution in [-0.2, 0) is 4.74 Å². The molecule has 3 fully saturated rings. The van der Waals surface area contributed by atoms with Gasteiger partial charge in [0, 0.05) is 39.2 Å². The van der Waals surface area contributed by atoms with Crippen molar-refractivity contribution in [2.75, 3.05) is 33.3 Å². The number of rotatable bonds is 2. The molecule has 1 saturated carbocycles. The van der Waals surface area contributed by atoms with Crippen molar-refractivity contribution in [3.8, 4) is 0 Å². The van der Waals surface area contributed by atoms with Crippen LogP contribution in [0, 0.1) is 16.7 Å². The molecule has 0 aromatic carbocycles. The van der Waals surface area contributed by atoms with Crippen LogP contribution in [0.25, 0.3) is 0 Å². The summed E-state index contributed by atoms with van der Waals surface area (Å²) in [5, 5.41) is 3.69. The van der Waals surface area contributed by atoms with Gasteiger partial charge in [-0.2, -0.15) is 0 Å². The van der Waals surface area contributed by atoms with E-state index < -0.39 is 0 Å². The van der Waals surface area contributed by atoms with Crippen LogP contribution < -0.4 is 5.32 Å². The van der Waals surface area contributed by atoms with E-state index in [0.29, 0.717) is 17.4 Å². The zero-order valence-electron chi connectivity index (χ0n) is 16.6. The lowest BCUT2D eigenvalue weighted by molar-refractivity contribution is -0.0836. The molecule has 4 nitrogen and oxygen atoms in total. The Hall–Kier alpha value is -0.0400. The lowest BCUT2D eigenvalue weighted by atomic mass is 9.78. The van der Waals surface area contributed by atoms with Crippen molar-refractivity contribution in [1.29, 1.82) is 0 Å². The highest BCUT2D eigenvalue weighted by Gasteiger charge is 2.41. The highest BCUT2D eigenvalue weighted by molar-refractivity contribution is 14.0. The zero-order chi connectivity index (χ0) is 17.2. The number of likely N-dealkylation sites (tertiary alicyclic amines) is 1. The van der Waals surface area contributed by atoms with Crippen molar-refractivity contribution < 1.29 is 4.74 Å². The summed E-state index contributed by atoms with van der Waals surface area (Å²) in [5.74, 6) is 1.69. The summed E-state index contributed by atoms with van der Waals surface area (Å²) in [4.78, 5) is 7.09. The number of hydrogen-bond acceptors (Lipinski definition) is 2. The Morgan fingerprint density at radius 2 is 1.92 bits per heavy atom. The fourth-order valence-corrected chi connectivity index (χ4v) is 5.21. The van der Waals surface area contributed by atoms with E-state index in [1.54, 1.807) is 0 Å². The van der Waals surface area contributed by atoms with Crippen LogP contribution in [0.3, 0.4) is 0 Å². The number of guanidine groups is 1. The van der Waals surface area contributed by atoms with Crippen molar-refractivity contribution >= 4 is 29.9 Å². The lowest BCUT2D eigenvalue weighted by Gasteiger charge is -2.40. The Morgan fingerprint density at radius 1 is 1.20 bits per heavy atom. The first-order valence-corrected chi connectivity index (χ1v) is 10.0. The van der Waals surface area contributed by atoms with E-state index in [4.69, 9.17) is 4.74 Å². The van der Waals surface area contributed by atoms with Gasteiger partial charge < -0.3 is 15.0 Å². The molecule has 0 aromatic heterocycles. The molecule has 1 spiro atoms. The van der Waals surface area contributed by atoms with Crippen LogP contribution >= 0.6 is 24.0 Å². The molecule has 2 unspecified atom stereocenters. The van der Waals surface area contributed by atoms with E-state index >= 15 is 0 Å². The normalized spacial score (nSPS) is 29.8. The molecule has 5 heteroatoms. The summed E-state index contributed by atoms with van der Waals surface area (Å²) < 4.78 is 6.13. The summed E-state index contributed by atoms with van der Waals surface area (Å²) in [6.07, 6.45) is 9.83. The molecule has 0 aromatic rings. The first-order chi connectivity index (χ1) is 11.4. The second-order valence-corrected chi connectivity index (χ2v) is 9.37. The number of nitrogens with zero attached hydrogens (tertiary/aromatic N) is 2. The Balaban J connectivity index is 0.00000225. The van der Waals surface area contributed by atoms with Gasteiger partial charge in [0.15, 0.2) is 5.96 Å². The van der Waals surface area contributed by atoms with E-state index in [0.717, 1.165) is 19.1 Å². The number of aliphatic imine (C=N–C) groups is 1. The number of nitrogens with one attached hydrogen (secondary N) is 1. The molecule has 0 bridgehead atoms. The van der Waals surface area contributed by atoms with Gasteiger partial charge >= 0.3 is 0 Å². The third-order valence-electron chi connectivity index (χ3n) is 6.43. The van der Waals surface area contributed by atoms with E-state index in [1.165, 1.54) is 58.0 Å². The Kier molecular flexibility index (Phi) is 7.45. The van der Waals surface area contributed by atoms with Crippen molar-refractivity contribution in [3.63, 3.8) is 0 Å². The minimum Gasteiger partial charge on any atom is -0.377 e. The maximum atomic E-state index is 6.13. The first-order valence-electron chi connectivity index (χ1n) is 10.0. The Bertz CT molecular complexity index is 454. The molecular weight excluding hydrogens is 425 g/mol. The Morgan fingerprint density at radius 3 is 2.56 bits per heavy atom. The highest BCUT2D eigenvalue weighted by atomic mass is 127. The van der Waals surface area contributed by atoms with E-state index in [1.807, 2.05) is 7.05 Å². The van der Waals surface area contributed by atoms with Crippen molar-refractivity contribution in [2.24, 2.45) is 21.7 Å². The van der Waals surface area contributed by atoms with E-state index in [2.05, 4.69) is 36.0 Å². The average molecular weight is 463 g/mol. The van der Waals surface area contributed by atoms with Gasteiger partial charge in [0.2, 0.25) is 0 Å². The maximum absolute atomic E-state index is 6.13. The number of halogens is 1. The van der Waals surface area contributed by atoms with Gasteiger partial charge in [-0.1, -0.05) is 33.6 Å². The van der Waals surface area contributed by atoms with E-state index in [-0.39, 0.29) is 29.4 Å². The fourth-order valence-electron chi connectivity index (χ4n) is 5.21. The topological polar surface area (TPSA) is 36.9 Å². The standard InChI is InChI=1S/C20H37N3O.HI/c1-19(2,3)17-16(8-7-13-24-17)14-22-18(21-4)23-12-11-20(15-23)9-5-6-10-20;/h16-17H,5-15H2,1-4H3,(H,21,22);1H. The molecule has 3 aliphatic rings. The number of ether oxygens (including phenoxy) is 1. The molecule has 2 heterocycles. The predicted molar refractivity (Wildman–Crippen MR) is 116 cm³/mol. The lowest BCUT2D eigenvalue weighted by Crippen LogP contribution is -2.48. The van der Waals surface area contributed by atoms with Crippen LogP contribution in [0.4, 0.5) is 0 Å². The van der Waals surface area contributed by atoms with Gasteiger partial charge in [-0.3, -0.25) is 4.99 Å². The zero-order valence-corrected chi connectivity index (χ0v) is 19.0. The van der Waals surface area contributed by atoms with Crippen LogP contribution in [0.1, 0.15) is 65.7 Å². The first kappa shape index (κ1) is 21.3. The SMILES string of the molecule is CN=C(NCC1CCCOC1C(C)(C)C)N1CCC2(CCCC2)C1.I. The molecule has 1 N–H and O–H groups in total. The molecule has 0 radical (unpaired) electrons. The van der Waals surface area contributed by atoms with Crippen molar-refractivity contribution in [1.82, 2.24) is 10.2 Å². The molecule has 25 heavy (non-hydrogen) atoms. The largest absolute Gasteiger partial charge is 0.377 e. The van der Waals surface area contributed by atoms with Crippen molar-refractivity contribution in [2.45, 2.75) is 71.8 Å². The van der Waals surface area contributed by atoms with Gasteiger partial charge in [-0.25, -0.2) is 0 Å². The van der Waals surface area contributed by atoms with Gasteiger partial charge in [0.05, 0.1) is 6.10 Å². The molecule has 2 aliphatic heterocycles. The monoisotopic (exact) mass is 463 g/mol. The fraction of sp³-hybridized carbons (Fsp3) is 0.950. The van der Waals surface area contributed by atoms with Gasteiger partial charge in [0.1, 0.15) is 0 Å². The third kappa shape index (κ3) is 5.02. The second kappa shape index (κ2) is 8.77. The van der Waals surface area contributed by atoms with Gasteiger partial charge in [-0.05, 0) is 42.9 Å². The molecule has 1 aliphatic carbocycles. The number of hydrogen-bond donors (Lipinski definition) is 1. The average Bonchev–Trinajstić information content (AvgIpc) is 3.18. The minimum atomic E-state index is 0. The minimum absolute atomic E-state index is 0. The highest BCUT2D eigenvalue weighted by Crippen LogP contribution is 2.45. The van der Waals surface area contributed by atoms with Gasteiger partial charge in [0.25, 0.3) is 0 Å². The molecular formula is C20H38IN3O. The molecule has 2 atom stereocenters. The van der Waals surface area contributed by atoms with Crippen molar-refractivity contribution in [3.05, 3.63) is 0 Å². The predicted octanol–water partition coefficient (Wildman–Crippen LogP) is 4.29. The summed E-state index contributed by atoms with van der Waals surface area (Å²) >= 11 is 0. The van der Waals surface area contributed by atoms with E-state index in [9.17, 15) is 0 Å².